The summed E-state index contributed by atoms with van der Waals surface area (Å²) in [5.74, 6) is -2.71. The van der Waals surface area contributed by atoms with Gasteiger partial charge in [-0.1, -0.05) is 17.7 Å². The zero-order valence-electron chi connectivity index (χ0n) is 13.0. The SMILES string of the molecule is Cc1ccc(OCCNCC(C)O)c(C)c1.O=C(O)C(=O)O. The Morgan fingerprint density at radius 3 is 2.27 bits per heavy atom. The first-order chi connectivity index (χ1) is 10.2. The van der Waals surface area contributed by atoms with Gasteiger partial charge in [-0.25, -0.2) is 9.59 Å². The molecule has 0 bridgehead atoms. The third kappa shape index (κ3) is 9.73. The van der Waals surface area contributed by atoms with Gasteiger partial charge in [0, 0.05) is 13.1 Å². The van der Waals surface area contributed by atoms with Crippen molar-refractivity contribution in [3.05, 3.63) is 29.3 Å². The predicted molar refractivity (Wildman–Crippen MR) is 81.2 cm³/mol. The molecule has 0 radical (unpaired) electrons. The number of nitrogens with one attached hydrogen (secondary N) is 1. The van der Waals surface area contributed by atoms with Gasteiger partial charge in [-0.15, -0.1) is 0 Å². The quantitative estimate of drug-likeness (QED) is 0.453. The molecule has 0 saturated heterocycles. The second-order valence-electron chi connectivity index (χ2n) is 4.78. The summed E-state index contributed by atoms with van der Waals surface area (Å²) in [7, 11) is 0. The van der Waals surface area contributed by atoms with Crippen LogP contribution in [-0.2, 0) is 9.59 Å². The molecule has 1 aromatic rings. The Morgan fingerprint density at radius 2 is 1.82 bits per heavy atom. The van der Waals surface area contributed by atoms with Crippen LogP contribution in [0, 0.1) is 13.8 Å². The van der Waals surface area contributed by atoms with E-state index in [2.05, 4.69) is 18.3 Å². The Labute approximate surface area is 129 Å². The zero-order chi connectivity index (χ0) is 17.1. The summed E-state index contributed by atoms with van der Waals surface area (Å²) in [6, 6.07) is 6.16. The molecule has 0 aromatic heterocycles. The van der Waals surface area contributed by atoms with Crippen LogP contribution >= 0.6 is 0 Å². The topological polar surface area (TPSA) is 116 Å². The molecule has 0 amide bonds. The minimum atomic E-state index is -1.82. The van der Waals surface area contributed by atoms with Crippen LogP contribution in [0.3, 0.4) is 0 Å². The van der Waals surface area contributed by atoms with Gasteiger partial charge in [-0.2, -0.15) is 0 Å². The van der Waals surface area contributed by atoms with E-state index in [1.807, 2.05) is 19.1 Å². The molecule has 0 aliphatic heterocycles. The smallest absolute Gasteiger partial charge is 0.414 e. The number of rotatable bonds is 6. The summed E-state index contributed by atoms with van der Waals surface area (Å²) in [5.41, 5.74) is 2.41. The second kappa shape index (κ2) is 10.6. The molecule has 0 spiro atoms. The lowest BCUT2D eigenvalue weighted by Gasteiger charge is -2.11. The fourth-order valence-corrected chi connectivity index (χ4v) is 1.51. The average Bonchev–Trinajstić information content (AvgIpc) is 2.40. The molecule has 1 atom stereocenters. The highest BCUT2D eigenvalue weighted by atomic mass is 16.5. The van der Waals surface area contributed by atoms with Crippen molar-refractivity contribution in [2.75, 3.05) is 19.7 Å². The van der Waals surface area contributed by atoms with E-state index < -0.39 is 11.9 Å². The molecular weight excluding hydrogens is 290 g/mol. The summed E-state index contributed by atoms with van der Waals surface area (Å²) in [4.78, 5) is 18.2. The average molecular weight is 313 g/mol. The van der Waals surface area contributed by atoms with Gasteiger partial charge in [0.05, 0.1) is 6.10 Å². The standard InChI is InChI=1S/C13H21NO2.C2H2O4/c1-10-4-5-13(11(2)8-10)16-7-6-14-9-12(3)15;3-1(4)2(5)6/h4-5,8,12,14-15H,6-7,9H2,1-3H3;(H,3,4)(H,5,6). The number of carboxylic acids is 2. The van der Waals surface area contributed by atoms with Gasteiger partial charge in [-0.3, -0.25) is 0 Å². The number of carboxylic acid groups (broad SMARTS) is 2. The van der Waals surface area contributed by atoms with Gasteiger partial charge in [0.2, 0.25) is 0 Å². The number of aryl methyl sites for hydroxylation is 2. The van der Waals surface area contributed by atoms with Crippen molar-refractivity contribution >= 4 is 11.9 Å². The lowest BCUT2D eigenvalue weighted by Crippen LogP contribution is -2.28. The van der Waals surface area contributed by atoms with E-state index in [4.69, 9.17) is 29.6 Å². The first kappa shape index (κ1) is 19.9. The van der Waals surface area contributed by atoms with Crippen LogP contribution in [0.15, 0.2) is 18.2 Å². The molecule has 1 rings (SSSR count). The van der Waals surface area contributed by atoms with Crippen LogP contribution in [0.2, 0.25) is 0 Å². The summed E-state index contributed by atoms with van der Waals surface area (Å²) >= 11 is 0. The van der Waals surface area contributed by atoms with Crippen LogP contribution in [0.5, 0.6) is 5.75 Å². The van der Waals surface area contributed by atoms with Crippen molar-refractivity contribution in [1.29, 1.82) is 0 Å². The number of aliphatic hydroxyl groups excluding tert-OH is 1. The van der Waals surface area contributed by atoms with Crippen molar-refractivity contribution in [2.24, 2.45) is 0 Å². The predicted octanol–water partition coefficient (Wildman–Crippen LogP) is 0.808. The fraction of sp³-hybridized carbons (Fsp3) is 0.467. The maximum absolute atomic E-state index is 9.10. The lowest BCUT2D eigenvalue weighted by atomic mass is 10.1. The normalized spacial score (nSPS) is 11.1. The molecule has 124 valence electrons. The number of benzene rings is 1. The number of aliphatic hydroxyl groups is 1. The minimum Gasteiger partial charge on any atom is -0.492 e. The van der Waals surface area contributed by atoms with Crippen LogP contribution in [0.25, 0.3) is 0 Å². The van der Waals surface area contributed by atoms with Gasteiger partial charge in [0.25, 0.3) is 0 Å². The van der Waals surface area contributed by atoms with Crippen LogP contribution in [0.4, 0.5) is 0 Å². The highest BCUT2D eigenvalue weighted by molar-refractivity contribution is 6.27. The van der Waals surface area contributed by atoms with E-state index in [1.54, 1.807) is 6.92 Å². The van der Waals surface area contributed by atoms with Crippen molar-refractivity contribution < 1.29 is 29.6 Å². The highest BCUT2D eigenvalue weighted by Crippen LogP contribution is 2.18. The van der Waals surface area contributed by atoms with Crippen molar-refractivity contribution in [3.8, 4) is 5.75 Å². The Morgan fingerprint density at radius 1 is 1.23 bits per heavy atom. The van der Waals surface area contributed by atoms with Crippen molar-refractivity contribution in [3.63, 3.8) is 0 Å². The fourth-order valence-electron chi connectivity index (χ4n) is 1.51. The highest BCUT2D eigenvalue weighted by Gasteiger charge is 2.04. The van der Waals surface area contributed by atoms with E-state index in [-0.39, 0.29) is 6.10 Å². The second-order valence-corrected chi connectivity index (χ2v) is 4.78. The molecule has 7 heteroatoms. The lowest BCUT2D eigenvalue weighted by molar-refractivity contribution is -0.159. The first-order valence-corrected chi connectivity index (χ1v) is 6.79. The molecule has 0 aliphatic carbocycles. The molecule has 1 unspecified atom stereocenters. The number of hydrogen-bond donors (Lipinski definition) is 4. The Kier molecular flexibility index (Phi) is 9.56. The summed E-state index contributed by atoms with van der Waals surface area (Å²) < 4.78 is 5.63. The van der Waals surface area contributed by atoms with Gasteiger partial charge in [0.1, 0.15) is 12.4 Å². The maximum Gasteiger partial charge on any atom is 0.414 e. The molecule has 0 saturated carbocycles. The van der Waals surface area contributed by atoms with Crippen LogP contribution in [0.1, 0.15) is 18.1 Å². The van der Waals surface area contributed by atoms with Gasteiger partial charge in [-0.05, 0) is 32.4 Å². The Bertz CT molecular complexity index is 475. The first-order valence-electron chi connectivity index (χ1n) is 6.79. The molecule has 1 aromatic carbocycles. The van der Waals surface area contributed by atoms with E-state index in [0.717, 1.165) is 17.9 Å². The summed E-state index contributed by atoms with van der Waals surface area (Å²) in [5, 5.41) is 26.9. The number of aliphatic carboxylic acids is 2. The summed E-state index contributed by atoms with van der Waals surface area (Å²) in [6.07, 6.45) is -0.305. The monoisotopic (exact) mass is 313 g/mol. The molecule has 22 heavy (non-hydrogen) atoms. The van der Waals surface area contributed by atoms with Gasteiger partial charge < -0.3 is 25.4 Å². The van der Waals surface area contributed by atoms with E-state index in [0.29, 0.717) is 13.2 Å². The van der Waals surface area contributed by atoms with E-state index >= 15 is 0 Å². The Hall–Kier alpha value is -2.12. The summed E-state index contributed by atoms with van der Waals surface area (Å²) in [6.45, 7) is 7.86. The maximum atomic E-state index is 9.10. The molecule has 0 heterocycles. The van der Waals surface area contributed by atoms with Gasteiger partial charge >= 0.3 is 11.9 Å². The Balaban J connectivity index is 0.000000626. The minimum absolute atomic E-state index is 0.305. The zero-order valence-corrected chi connectivity index (χ0v) is 13.0. The molecular formula is C15H23NO6. The van der Waals surface area contributed by atoms with Crippen molar-refractivity contribution in [1.82, 2.24) is 5.32 Å². The van der Waals surface area contributed by atoms with E-state index in [1.165, 1.54) is 5.56 Å². The number of ether oxygens (including phenoxy) is 1. The van der Waals surface area contributed by atoms with Gasteiger partial charge in [0.15, 0.2) is 0 Å². The van der Waals surface area contributed by atoms with Crippen LogP contribution < -0.4 is 10.1 Å². The van der Waals surface area contributed by atoms with E-state index in [9.17, 15) is 0 Å². The third-order valence-corrected chi connectivity index (χ3v) is 2.49. The molecule has 7 nitrogen and oxygen atoms in total. The molecule has 4 N–H and O–H groups in total. The third-order valence-electron chi connectivity index (χ3n) is 2.49. The number of carbonyl (C=O) groups is 2. The number of hydrogen-bond acceptors (Lipinski definition) is 5. The molecule has 0 fully saturated rings. The van der Waals surface area contributed by atoms with Crippen LogP contribution in [-0.4, -0.2) is 53.1 Å². The molecule has 0 aliphatic rings. The largest absolute Gasteiger partial charge is 0.492 e. The van der Waals surface area contributed by atoms with Crippen molar-refractivity contribution in [2.45, 2.75) is 26.9 Å².